The summed E-state index contributed by atoms with van der Waals surface area (Å²) < 4.78 is 1.66. The van der Waals surface area contributed by atoms with Crippen LogP contribution in [0.2, 0.25) is 10.0 Å². The summed E-state index contributed by atoms with van der Waals surface area (Å²) in [5, 5.41) is 9.18. The number of rotatable bonds is 4. The van der Waals surface area contributed by atoms with Gasteiger partial charge in [-0.15, -0.1) is 5.10 Å². The van der Waals surface area contributed by atoms with E-state index < -0.39 is 0 Å². The van der Waals surface area contributed by atoms with Crippen LogP contribution in [0.25, 0.3) is 0 Å². The topological polar surface area (TPSA) is 56.7 Å². The Labute approximate surface area is 116 Å². The molecule has 2 rings (SSSR count). The van der Waals surface area contributed by atoms with Crippen LogP contribution in [-0.2, 0) is 19.9 Å². The Balaban J connectivity index is 2.05. The lowest BCUT2D eigenvalue weighted by Crippen LogP contribution is -2.26. The van der Waals surface area contributed by atoms with Gasteiger partial charge in [0.1, 0.15) is 0 Å². The number of nitrogens with two attached hydrogens (primary N) is 1. The first-order chi connectivity index (χ1) is 8.56. The van der Waals surface area contributed by atoms with Gasteiger partial charge in [-0.25, -0.2) is 0 Å². The zero-order valence-corrected chi connectivity index (χ0v) is 11.5. The molecule has 96 valence electrons. The highest BCUT2D eigenvalue weighted by atomic mass is 35.5. The molecule has 0 spiro atoms. The lowest BCUT2D eigenvalue weighted by Gasteiger charge is -2.12. The van der Waals surface area contributed by atoms with Crippen LogP contribution in [-0.4, -0.2) is 21.0 Å². The van der Waals surface area contributed by atoms with Gasteiger partial charge in [0.15, 0.2) is 0 Å². The van der Waals surface area contributed by atoms with Crippen molar-refractivity contribution in [3.63, 3.8) is 0 Å². The van der Waals surface area contributed by atoms with Crippen molar-refractivity contribution < 1.29 is 0 Å². The number of hydrogen-bond acceptors (Lipinski definition) is 3. The molecule has 0 aliphatic rings. The fourth-order valence-electron chi connectivity index (χ4n) is 1.82. The van der Waals surface area contributed by atoms with Crippen LogP contribution in [0.1, 0.15) is 11.3 Å². The predicted octanol–water partition coefficient (Wildman–Crippen LogP) is 2.23. The first-order valence-electron chi connectivity index (χ1n) is 5.60. The van der Waals surface area contributed by atoms with Crippen LogP contribution in [0.5, 0.6) is 0 Å². The maximum Gasteiger partial charge on any atom is 0.0842 e. The molecule has 0 radical (unpaired) electrons. The summed E-state index contributed by atoms with van der Waals surface area (Å²) in [5.74, 6) is 0. The zero-order chi connectivity index (χ0) is 13.1. The molecule has 0 bridgehead atoms. The van der Waals surface area contributed by atoms with Gasteiger partial charge >= 0.3 is 0 Å². The number of aryl methyl sites for hydroxylation is 1. The van der Waals surface area contributed by atoms with E-state index in [1.165, 1.54) is 0 Å². The Morgan fingerprint density at radius 3 is 2.50 bits per heavy atom. The number of halogens is 2. The van der Waals surface area contributed by atoms with Gasteiger partial charge in [-0.1, -0.05) is 34.5 Å². The molecule has 1 heterocycles. The minimum absolute atomic E-state index is 0.0842. The molecule has 2 aromatic rings. The molecule has 0 aliphatic heterocycles. The fourth-order valence-corrected chi connectivity index (χ4v) is 2.37. The van der Waals surface area contributed by atoms with Crippen LogP contribution >= 0.6 is 23.2 Å². The van der Waals surface area contributed by atoms with Crippen molar-refractivity contribution in [2.45, 2.75) is 18.9 Å². The summed E-state index contributed by atoms with van der Waals surface area (Å²) in [5.41, 5.74) is 7.85. The molecule has 0 saturated heterocycles. The zero-order valence-electron chi connectivity index (χ0n) is 9.98. The molecule has 1 aromatic carbocycles. The summed E-state index contributed by atoms with van der Waals surface area (Å²) in [6, 6.07) is 5.37. The lowest BCUT2D eigenvalue weighted by atomic mass is 10.0. The first kappa shape index (κ1) is 13.3. The quantitative estimate of drug-likeness (QED) is 0.937. The van der Waals surface area contributed by atoms with Gasteiger partial charge in [-0.2, -0.15) is 0 Å². The molecule has 6 heteroatoms. The van der Waals surface area contributed by atoms with E-state index in [0.717, 1.165) is 11.3 Å². The maximum atomic E-state index is 6.11. The second-order valence-electron chi connectivity index (χ2n) is 4.25. The minimum atomic E-state index is -0.0842. The smallest absolute Gasteiger partial charge is 0.0842 e. The second kappa shape index (κ2) is 5.69. The normalized spacial score (nSPS) is 12.7. The molecular formula is C12H14Cl2N4. The number of nitrogens with zero attached hydrogens (tertiary/aromatic N) is 3. The predicted molar refractivity (Wildman–Crippen MR) is 72.8 cm³/mol. The lowest BCUT2D eigenvalue weighted by molar-refractivity contribution is 0.651. The van der Waals surface area contributed by atoms with E-state index >= 15 is 0 Å². The minimum Gasteiger partial charge on any atom is -0.327 e. The highest BCUT2D eigenvalue weighted by Gasteiger charge is 2.12. The first-order valence-corrected chi connectivity index (χ1v) is 6.35. The number of aromatic nitrogens is 3. The Morgan fingerprint density at radius 2 is 1.94 bits per heavy atom. The summed E-state index contributed by atoms with van der Waals surface area (Å²) in [7, 11) is 1.83. The van der Waals surface area contributed by atoms with Crippen molar-refractivity contribution in [3.8, 4) is 0 Å². The van der Waals surface area contributed by atoms with E-state index in [1.807, 2.05) is 31.4 Å². The Morgan fingerprint density at radius 1 is 1.28 bits per heavy atom. The molecule has 2 N–H and O–H groups in total. The van der Waals surface area contributed by atoms with Crippen LogP contribution < -0.4 is 5.73 Å². The largest absolute Gasteiger partial charge is 0.327 e. The molecule has 0 fully saturated rings. The van der Waals surface area contributed by atoms with Gasteiger partial charge in [0.25, 0.3) is 0 Å². The van der Waals surface area contributed by atoms with Gasteiger partial charge in [-0.05, 0) is 24.1 Å². The molecule has 1 aromatic heterocycles. The Kier molecular flexibility index (Phi) is 4.22. The maximum absolute atomic E-state index is 6.11. The van der Waals surface area contributed by atoms with Crippen molar-refractivity contribution >= 4 is 23.2 Å². The monoisotopic (exact) mass is 284 g/mol. The number of benzene rings is 1. The second-order valence-corrected chi connectivity index (χ2v) is 5.07. The summed E-state index contributed by atoms with van der Waals surface area (Å²) in [4.78, 5) is 0. The molecule has 0 amide bonds. The van der Waals surface area contributed by atoms with E-state index in [4.69, 9.17) is 28.9 Å². The van der Waals surface area contributed by atoms with Crippen LogP contribution in [0, 0.1) is 0 Å². The van der Waals surface area contributed by atoms with Crippen LogP contribution in [0.3, 0.4) is 0 Å². The van der Waals surface area contributed by atoms with Crippen molar-refractivity contribution in [2.24, 2.45) is 12.8 Å². The van der Waals surface area contributed by atoms with Crippen molar-refractivity contribution in [2.75, 3.05) is 0 Å². The number of hydrogen-bond donors (Lipinski definition) is 1. The Bertz CT molecular complexity index is 518. The van der Waals surface area contributed by atoms with E-state index in [2.05, 4.69) is 10.3 Å². The third-order valence-corrected chi connectivity index (χ3v) is 3.36. The molecule has 0 aliphatic carbocycles. The third-order valence-electron chi connectivity index (χ3n) is 2.65. The molecule has 1 atom stereocenters. The summed E-state index contributed by atoms with van der Waals surface area (Å²) in [6.07, 6.45) is 3.12. The van der Waals surface area contributed by atoms with E-state index in [1.54, 1.807) is 4.68 Å². The van der Waals surface area contributed by atoms with Gasteiger partial charge in [0.2, 0.25) is 0 Å². The highest BCUT2D eigenvalue weighted by molar-refractivity contribution is 6.35. The third kappa shape index (κ3) is 3.22. The van der Waals surface area contributed by atoms with Crippen molar-refractivity contribution in [1.29, 1.82) is 0 Å². The van der Waals surface area contributed by atoms with Gasteiger partial charge in [-0.3, -0.25) is 4.68 Å². The summed E-state index contributed by atoms with van der Waals surface area (Å²) >= 11 is 12.2. The van der Waals surface area contributed by atoms with E-state index in [-0.39, 0.29) is 6.04 Å². The van der Waals surface area contributed by atoms with Crippen molar-refractivity contribution in [3.05, 3.63) is 45.7 Å². The van der Waals surface area contributed by atoms with Crippen LogP contribution in [0.15, 0.2) is 24.4 Å². The average Bonchev–Trinajstić information content (AvgIpc) is 2.69. The molecule has 18 heavy (non-hydrogen) atoms. The highest BCUT2D eigenvalue weighted by Crippen LogP contribution is 2.25. The standard InChI is InChI=1S/C12H14Cl2N4/c1-18-7-9(16-17-18)5-8(15)6-10-11(13)3-2-4-12(10)14/h2-4,7-8H,5-6,15H2,1H3. The van der Waals surface area contributed by atoms with Crippen molar-refractivity contribution in [1.82, 2.24) is 15.0 Å². The summed E-state index contributed by atoms with van der Waals surface area (Å²) in [6.45, 7) is 0. The van der Waals surface area contributed by atoms with Gasteiger partial charge < -0.3 is 5.73 Å². The SMILES string of the molecule is Cn1cc(CC(N)Cc2c(Cl)cccc2Cl)nn1. The average molecular weight is 285 g/mol. The molecular weight excluding hydrogens is 271 g/mol. The Hall–Kier alpha value is -1.10. The van der Waals surface area contributed by atoms with E-state index in [9.17, 15) is 0 Å². The molecule has 0 saturated carbocycles. The molecule has 1 unspecified atom stereocenters. The van der Waals surface area contributed by atoms with E-state index in [0.29, 0.717) is 22.9 Å². The molecule has 4 nitrogen and oxygen atoms in total. The van der Waals surface area contributed by atoms with Gasteiger partial charge in [0, 0.05) is 35.8 Å². The van der Waals surface area contributed by atoms with Gasteiger partial charge in [0.05, 0.1) is 5.69 Å². The van der Waals surface area contributed by atoms with Crippen LogP contribution in [0.4, 0.5) is 0 Å². The fraction of sp³-hybridized carbons (Fsp3) is 0.333.